The zero-order valence-corrected chi connectivity index (χ0v) is 16.9. The molecule has 0 spiro atoms. The number of hydrogen-bond acceptors (Lipinski definition) is 6. The molecule has 0 radical (unpaired) electrons. The number of aromatic nitrogens is 1. The number of halogens is 2. The lowest BCUT2D eigenvalue weighted by molar-refractivity contribution is -0.139. The molecule has 9 nitrogen and oxygen atoms in total. The zero-order chi connectivity index (χ0) is 20.9. The van der Waals surface area contributed by atoms with Crippen molar-refractivity contribution in [2.24, 2.45) is 0 Å². The highest BCUT2D eigenvalue weighted by Crippen LogP contribution is 2.43. The van der Waals surface area contributed by atoms with Crippen LogP contribution in [-0.2, 0) is 4.79 Å². The van der Waals surface area contributed by atoms with Crippen molar-refractivity contribution in [2.45, 2.75) is 24.9 Å². The van der Waals surface area contributed by atoms with Crippen molar-refractivity contribution in [1.82, 2.24) is 9.88 Å². The number of carboxylic acids is 2. The number of aliphatic carboxylic acids is 1. The van der Waals surface area contributed by atoms with Crippen molar-refractivity contribution in [2.75, 3.05) is 31.6 Å². The van der Waals surface area contributed by atoms with E-state index in [0.717, 1.165) is 18.9 Å². The third-order valence-electron chi connectivity index (χ3n) is 5.36. The number of carbonyl (C=O) groups is 2. The molecule has 4 rings (SSSR count). The Hall–Kier alpha value is -2.85. The minimum Gasteiger partial charge on any atom is -0.492 e. The summed E-state index contributed by atoms with van der Waals surface area (Å²) in [6, 6.07) is 0.153. The summed E-state index contributed by atoms with van der Waals surface area (Å²) in [4.78, 5) is 37.1. The molecule has 1 aliphatic heterocycles. The maximum absolute atomic E-state index is 15.2. The van der Waals surface area contributed by atoms with Gasteiger partial charge in [0, 0.05) is 31.9 Å². The average Bonchev–Trinajstić information content (AvgIpc) is 3.52. The first-order chi connectivity index (χ1) is 13.8. The van der Waals surface area contributed by atoms with Crippen LogP contribution < -0.4 is 20.4 Å². The Balaban J connectivity index is 0.00000256. The number of anilines is 1. The number of ether oxygens (including phenoxy) is 1. The molecule has 1 saturated heterocycles. The molecule has 1 aromatic carbocycles. The van der Waals surface area contributed by atoms with Crippen LogP contribution in [0.25, 0.3) is 10.9 Å². The molecule has 30 heavy (non-hydrogen) atoms. The summed E-state index contributed by atoms with van der Waals surface area (Å²) < 4.78 is 22.3. The fourth-order valence-electron chi connectivity index (χ4n) is 3.84. The monoisotopic (exact) mass is 441 g/mol. The van der Waals surface area contributed by atoms with E-state index in [4.69, 9.17) is 4.74 Å². The van der Waals surface area contributed by atoms with Crippen molar-refractivity contribution in [3.63, 3.8) is 0 Å². The third kappa shape index (κ3) is 3.56. The Bertz CT molecular complexity index is 1080. The number of nitrogens with one attached hydrogen (secondary N) is 1. The smallest absolute Gasteiger partial charge is 0.341 e. The molecule has 3 N–H and O–H groups in total. The van der Waals surface area contributed by atoms with Crippen LogP contribution in [-0.4, -0.2) is 59.5 Å². The molecule has 1 unspecified atom stereocenters. The van der Waals surface area contributed by atoms with Gasteiger partial charge in [0.2, 0.25) is 5.43 Å². The lowest BCUT2D eigenvalue weighted by atomic mass is 10.1. The van der Waals surface area contributed by atoms with E-state index >= 15 is 4.39 Å². The van der Waals surface area contributed by atoms with E-state index in [1.54, 1.807) is 9.47 Å². The molecule has 0 bridgehead atoms. The average molecular weight is 442 g/mol. The van der Waals surface area contributed by atoms with E-state index < -0.39 is 34.8 Å². The summed E-state index contributed by atoms with van der Waals surface area (Å²) in [6.07, 6.45) is 2.90. The summed E-state index contributed by atoms with van der Waals surface area (Å²) in [5, 5.41) is 21.5. The summed E-state index contributed by atoms with van der Waals surface area (Å²) in [5.74, 6) is -3.08. The molecule has 0 amide bonds. The molecule has 2 aliphatic rings. The van der Waals surface area contributed by atoms with Gasteiger partial charge in [0.1, 0.15) is 17.3 Å². The molecule has 1 atom stereocenters. The second-order valence-corrected chi connectivity index (χ2v) is 7.24. The van der Waals surface area contributed by atoms with E-state index in [0.29, 0.717) is 18.6 Å². The van der Waals surface area contributed by atoms with Gasteiger partial charge in [-0.1, -0.05) is 0 Å². The molecule has 1 aromatic heterocycles. The van der Waals surface area contributed by atoms with Crippen molar-refractivity contribution < 1.29 is 28.9 Å². The Morgan fingerprint density at radius 3 is 2.57 bits per heavy atom. The van der Waals surface area contributed by atoms with Gasteiger partial charge in [0.15, 0.2) is 11.6 Å². The molecular formula is C19H21ClFN3O6. The Morgan fingerprint density at radius 2 is 2.00 bits per heavy atom. The largest absolute Gasteiger partial charge is 0.492 e. The van der Waals surface area contributed by atoms with Crippen molar-refractivity contribution in [3.05, 3.63) is 33.9 Å². The number of nitrogens with zero attached hydrogens (tertiary/aromatic N) is 2. The summed E-state index contributed by atoms with van der Waals surface area (Å²) >= 11 is 0. The topological polar surface area (TPSA) is 121 Å². The van der Waals surface area contributed by atoms with E-state index in [2.05, 4.69) is 5.32 Å². The van der Waals surface area contributed by atoms with Gasteiger partial charge in [-0.2, -0.15) is 0 Å². The molecule has 2 fully saturated rings. The summed E-state index contributed by atoms with van der Waals surface area (Å²) in [7, 11) is 1.35. The number of pyridine rings is 1. The van der Waals surface area contributed by atoms with Crippen LogP contribution in [0.2, 0.25) is 0 Å². The van der Waals surface area contributed by atoms with E-state index in [1.807, 2.05) is 0 Å². The van der Waals surface area contributed by atoms with E-state index in [9.17, 15) is 24.6 Å². The first-order valence-corrected chi connectivity index (χ1v) is 9.23. The number of fused-ring (bicyclic) bond motifs is 1. The highest BCUT2D eigenvalue weighted by Gasteiger charge is 2.33. The predicted octanol–water partition coefficient (Wildman–Crippen LogP) is 1.47. The van der Waals surface area contributed by atoms with Gasteiger partial charge in [-0.25, -0.2) is 9.18 Å². The first-order valence-electron chi connectivity index (χ1n) is 9.23. The standard InChI is InChI=1S/C19H20FN3O6.ClH/c1-29-17-14-10(16(24)11(18(25)26)7-23(14)9-2-3-9)6-12(20)15(17)22-5-4-21-13(8-22)19(27)28;/h6-7,9,13,21H,2-5,8H2,1H3,(H,25,26)(H,27,28);1H. The van der Waals surface area contributed by atoms with Crippen molar-refractivity contribution in [1.29, 1.82) is 0 Å². The Kier molecular flexibility index (Phi) is 5.91. The van der Waals surface area contributed by atoms with Crippen molar-refractivity contribution >= 4 is 40.9 Å². The maximum atomic E-state index is 15.2. The molecular weight excluding hydrogens is 421 g/mol. The van der Waals surface area contributed by atoms with Gasteiger partial charge in [-0.15, -0.1) is 12.4 Å². The highest BCUT2D eigenvalue weighted by atomic mass is 35.5. The number of benzene rings is 1. The second kappa shape index (κ2) is 8.11. The van der Waals surface area contributed by atoms with Crippen LogP contribution in [0.5, 0.6) is 5.75 Å². The fourth-order valence-corrected chi connectivity index (χ4v) is 3.84. The first kappa shape index (κ1) is 21.8. The lowest BCUT2D eigenvalue weighted by Crippen LogP contribution is -2.54. The third-order valence-corrected chi connectivity index (χ3v) is 5.36. The van der Waals surface area contributed by atoms with Gasteiger partial charge in [0.05, 0.1) is 18.0 Å². The molecule has 1 aliphatic carbocycles. The molecule has 11 heteroatoms. The zero-order valence-electron chi connectivity index (χ0n) is 16.1. The normalized spacial score (nSPS) is 18.7. The van der Waals surface area contributed by atoms with Gasteiger partial charge in [-0.3, -0.25) is 9.59 Å². The predicted molar refractivity (Wildman–Crippen MR) is 109 cm³/mol. The Labute approximate surface area is 176 Å². The molecule has 2 aromatic rings. The fraction of sp³-hybridized carbons (Fsp3) is 0.421. The van der Waals surface area contributed by atoms with Gasteiger partial charge in [0.25, 0.3) is 0 Å². The quantitative estimate of drug-likeness (QED) is 0.637. The minimum atomic E-state index is -1.37. The second-order valence-electron chi connectivity index (χ2n) is 7.24. The molecule has 2 heterocycles. The van der Waals surface area contributed by atoms with Gasteiger partial charge < -0.3 is 29.7 Å². The number of methoxy groups -OCH3 is 1. The van der Waals surface area contributed by atoms with Crippen LogP contribution >= 0.6 is 12.4 Å². The number of hydrogen-bond donors (Lipinski definition) is 3. The van der Waals surface area contributed by atoms with E-state index in [1.165, 1.54) is 13.3 Å². The number of piperazine rings is 1. The van der Waals surface area contributed by atoms with Gasteiger partial charge >= 0.3 is 11.9 Å². The molecule has 1 saturated carbocycles. The minimum absolute atomic E-state index is 0. The Morgan fingerprint density at radius 1 is 1.30 bits per heavy atom. The van der Waals surface area contributed by atoms with E-state index in [-0.39, 0.29) is 41.8 Å². The number of aromatic carboxylic acids is 1. The SMILES string of the molecule is COc1c(N2CCNC(C(=O)O)C2)c(F)cc2c(=O)c(C(=O)O)cn(C3CC3)c12.Cl. The van der Waals surface area contributed by atoms with Crippen LogP contribution in [0.15, 0.2) is 17.1 Å². The highest BCUT2D eigenvalue weighted by molar-refractivity contribution is 5.97. The van der Waals surface area contributed by atoms with Crippen LogP contribution in [0.3, 0.4) is 0 Å². The van der Waals surface area contributed by atoms with Gasteiger partial charge in [-0.05, 0) is 18.9 Å². The lowest BCUT2D eigenvalue weighted by Gasteiger charge is -2.34. The summed E-state index contributed by atoms with van der Waals surface area (Å²) in [5.41, 5.74) is -0.806. The van der Waals surface area contributed by atoms with Crippen LogP contribution in [0, 0.1) is 5.82 Å². The van der Waals surface area contributed by atoms with Crippen molar-refractivity contribution in [3.8, 4) is 5.75 Å². The maximum Gasteiger partial charge on any atom is 0.341 e. The van der Waals surface area contributed by atoms with Crippen LogP contribution in [0.4, 0.5) is 10.1 Å². The number of rotatable bonds is 5. The van der Waals surface area contributed by atoms with Crippen LogP contribution in [0.1, 0.15) is 29.2 Å². The number of carboxylic acid groups (broad SMARTS) is 2. The summed E-state index contributed by atoms with van der Waals surface area (Å²) in [6.45, 7) is 0.712. The molecule has 162 valence electrons.